The summed E-state index contributed by atoms with van der Waals surface area (Å²) in [5.74, 6) is -0.709. The van der Waals surface area contributed by atoms with Crippen LogP contribution in [0.1, 0.15) is 34.8 Å². The average Bonchev–Trinajstić information content (AvgIpc) is 2.64. The van der Waals surface area contributed by atoms with E-state index in [1.807, 2.05) is 12.1 Å². The van der Waals surface area contributed by atoms with Crippen molar-refractivity contribution in [2.45, 2.75) is 26.7 Å². The van der Waals surface area contributed by atoms with Crippen molar-refractivity contribution in [1.29, 1.82) is 0 Å². The van der Waals surface area contributed by atoms with Crippen molar-refractivity contribution in [3.05, 3.63) is 77.2 Å². The summed E-state index contributed by atoms with van der Waals surface area (Å²) in [6, 6.07) is 14.2. The number of primary amides is 1. The van der Waals surface area contributed by atoms with E-state index in [9.17, 15) is 9.18 Å². The number of hydrogen-bond donors (Lipinski definition) is 3. The zero-order chi connectivity index (χ0) is 20.1. The van der Waals surface area contributed by atoms with Gasteiger partial charge in [-0.1, -0.05) is 25.5 Å². The molecule has 0 aliphatic heterocycles. The molecular weight excluding hydrogens is 355 g/mol. The number of hydrogen-bond acceptors (Lipinski definition) is 4. The molecule has 0 saturated carbocycles. The molecular formula is C22H23FN4O. The molecule has 0 spiro atoms. The minimum Gasteiger partial charge on any atom is -0.365 e. The monoisotopic (exact) mass is 378 g/mol. The number of carbonyl (C=O) groups excluding carboxylic acids is 1. The SMILES string of the molecule is CCCc1ccc(Nc2cnc(Nc3cc(C)cc(F)c3)c(C(N)=O)c2)cc1. The lowest BCUT2D eigenvalue weighted by atomic mass is 10.1. The summed E-state index contributed by atoms with van der Waals surface area (Å²) in [6.07, 6.45) is 3.73. The van der Waals surface area contributed by atoms with Gasteiger partial charge in [0.2, 0.25) is 0 Å². The lowest BCUT2D eigenvalue weighted by Gasteiger charge is -2.13. The number of rotatable bonds is 7. The molecule has 0 bridgehead atoms. The molecule has 0 aliphatic rings. The highest BCUT2D eigenvalue weighted by molar-refractivity contribution is 5.99. The number of aryl methyl sites for hydroxylation is 2. The van der Waals surface area contributed by atoms with E-state index in [1.165, 1.54) is 17.7 Å². The van der Waals surface area contributed by atoms with E-state index in [-0.39, 0.29) is 17.2 Å². The van der Waals surface area contributed by atoms with Crippen LogP contribution in [0, 0.1) is 12.7 Å². The number of aromatic nitrogens is 1. The summed E-state index contributed by atoms with van der Waals surface area (Å²) in [5.41, 5.74) is 9.79. The number of pyridine rings is 1. The van der Waals surface area contributed by atoms with Crippen LogP contribution in [0.4, 0.5) is 27.3 Å². The third-order valence-corrected chi connectivity index (χ3v) is 4.24. The third-order valence-electron chi connectivity index (χ3n) is 4.24. The number of halogens is 1. The number of nitrogens with zero attached hydrogens (tertiary/aromatic N) is 1. The molecule has 6 heteroatoms. The molecule has 2 aromatic carbocycles. The maximum absolute atomic E-state index is 13.6. The molecule has 28 heavy (non-hydrogen) atoms. The van der Waals surface area contributed by atoms with E-state index in [1.54, 1.807) is 25.3 Å². The Balaban J connectivity index is 1.83. The van der Waals surface area contributed by atoms with Crippen molar-refractivity contribution < 1.29 is 9.18 Å². The topological polar surface area (TPSA) is 80.0 Å². The Morgan fingerprint density at radius 3 is 2.43 bits per heavy atom. The Labute approximate surface area is 163 Å². The first-order valence-corrected chi connectivity index (χ1v) is 9.14. The second-order valence-corrected chi connectivity index (χ2v) is 6.70. The number of benzene rings is 2. The van der Waals surface area contributed by atoms with Gasteiger partial charge in [0.05, 0.1) is 17.4 Å². The van der Waals surface area contributed by atoms with Gasteiger partial charge in [-0.15, -0.1) is 0 Å². The summed E-state index contributed by atoms with van der Waals surface area (Å²) in [4.78, 5) is 16.2. The average molecular weight is 378 g/mol. The molecule has 1 amide bonds. The van der Waals surface area contributed by atoms with E-state index in [4.69, 9.17) is 5.73 Å². The Bertz CT molecular complexity index is 966. The van der Waals surface area contributed by atoms with Crippen LogP contribution in [0.3, 0.4) is 0 Å². The van der Waals surface area contributed by atoms with Crippen molar-refractivity contribution in [1.82, 2.24) is 4.98 Å². The predicted molar refractivity (Wildman–Crippen MR) is 111 cm³/mol. The highest BCUT2D eigenvalue weighted by Crippen LogP contribution is 2.25. The highest BCUT2D eigenvalue weighted by Gasteiger charge is 2.12. The minimum atomic E-state index is -0.620. The van der Waals surface area contributed by atoms with Crippen LogP contribution in [-0.2, 0) is 6.42 Å². The van der Waals surface area contributed by atoms with Gasteiger partial charge >= 0.3 is 0 Å². The van der Waals surface area contributed by atoms with Gasteiger partial charge in [-0.3, -0.25) is 4.79 Å². The highest BCUT2D eigenvalue weighted by atomic mass is 19.1. The fraction of sp³-hybridized carbons (Fsp3) is 0.182. The standard InChI is InChI=1S/C22H23FN4O/c1-3-4-15-5-7-17(8-6-15)26-19-12-20(21(24)28)22(25-13-19)27-18-10-14(2)9-16(23)11-18/h5-13,26H,3-4H2,1-2H3,(H2,24,28)(H,25,27). The molecule has 0 fully saturated rings. The summed E-state index contributed by atoms with van der Waals surface area (Å²) >= 11 is 0. The fourth-order valence-electron chi connectivity index (χ4n) is 2.98. The first kappa shape index (κ1) is 19.4. The quantitative estimate of drug-likeness (QED) is 0.536. The maximum atomic E-state index is 13.6. The largest absolute Gasteiger partial charge is 0.365 e. The number of anilines is 4. The Morgan fingerprint density at radius 2 is 1.79 bits per heavy atom. The molecule has 1 aromatic heterocycles. The van der Waals surface area contributed by atoms with Gasteiger partial charge < -0.3 is 16.4 Å². The van der Waals surface area contributed by atoms with Crippen molar-refractivity contribution in [2.75, 3.05) is 10.6 Å². The first-order chi connectivity index (χ1) is 13.4. The maximum Gasteiger partial charge on any atom is 0.252 e. The predicted octanol–water partition coefficient (Wildman–Crippen LogP) is 5.07. The smallest absolute Gasteiger partial charge is 0.252 e. The fourth-order valence-corrected chi connectivity index (χ4v) is 2.98. The van der Waals surface area contributed by atoms with Crippen LogP contribution >= 0.6 is 0 Å². The van der Waals surface area contributed by atoms with E-state index >= 15 is 0 Å². The zero-order valence-electron chi connectivity index (χ0n) is 15.9. The Morgan fingerprint density at radius 1 is 1.04 bits per heavy atom. The van der Waals surface area contributed by atoms with Gasteiger partial charge in [-0.05, 0) is 60.9 Å². The van der Waals surface area contributed by atoms with Crippen LogP contribution < -0.4 is 16.4 Å². The van der Waals surface area contributed by atoms with Gasteiger partial charge in [0, 0.05) is 11.4 Å². The number of nitrogens with one attached hydrogen (secondary N) is 2. The summed E-state index contributed by atoms with van der Waals surface area (Å²) in [7, 11) is 0. The van der Waals surface area contributed by atoms with Crippen molar-refractivity contribution in [2.24, 2.45) is 5.73 Å². The molecule has 5 nitrogen and oxygen atoms in total. The number of carbonyl (C=O) groups is 1. The number of amides is 1. The third kappa shape index (κ3) is 4.85. The minimum absolute atomic E-state index is 0.217. The zero-order valence-corrected chi connectivity index (χ0v) is 15.9. The molecule has 0 unspecified atom stereocenters. The molecule has 3 rings (SSSR count). The molecule has 0 atom stereocenters. The molecule has 4 N–H and O–H groups in total. The molecule has 1 heterocycles. The summed E-state index contributed by atoms with van der Waals surface area (Å²) < 4.78 is 13.6. The van der Waals surface area contributed by atoms with Crippen LogP contribution in [0.5, 0.6) is 0 Å². The second kappa shape index (κ2) is 8.52. The van der Waals surface area contributed by atoms with Gasteiger partial charge in [0.15, 0.2) is 0 Å². The van der Waals surface area contributed by atoms with Crippen molar-refractivity contribution in [3.63, 3.8) is 0 Å². The van der Waals surface area contributed by atoms with Crippen LogP contribution in [0.2, 0.25) is 0 Å². The first-order valence-electron chi connectivity index (χ1n) is 9.14. The summed E-state index contributed by atoms with van der Waals surface area (Å²) in [5, 5.41) is 6.19. The van der Waals surface area contributed by atoms with E-state index in [0.29, 0.717) is 11.4 Å². The van der Waals surface area contributed by atoms with Gasteiger partial charge in [-0.2, -0.15) is 0 Å². The summed E-state index contributed by atoms with van der Waals surface area (Å²) in [6.45, 7) is 3.93. The molecule has 144 valence electrons. The molecule has 0 saturated heterocycles. The second-order valence-electron chi connectivity index (χ2n) is 6.70. The van der Waals surface area contributed by atoms with Crippen LogP contribution in [0.25, 0.3) is 0 Å². The molecule has 3 aromatic rings. The molecule has 0 aliphatic carbocycles. The lowest BCUT2D eigenvalue weighted by molar-refractivity contribution is 0.100. The van der Waals surface area contributed by atoms with Gasteiger partial charge in [0.1, 0.15) is 11.6 Å². The van der Waals surface area contributed by atoms with E-state index < -0.39 is 5.91 Å². The van der Waals surface area contributed by atoms with Gasteiger partial charge in [-0.25, -0.2) is 9.37 Å². The molecule has 0 radical (unpaired) electrons. The Hall–Kier alpha value is -3.41. The lowest BCUT2D eigenvalue weighted by Crippen LogP contribution is -2.15. The van der Waals surface area contributed by atoms with Crippen molar-refractivity contribution >= 4 is 28.8 Å². The Kier molecular flexibility index (Phi) is 5.89. The van der Waals surface area contributed by atoms with Crippen molar-refractivity contribution in [3.8, 4) is 0 Å². The van der Waals surface area contributed by atoms with Crippen LogP contribution in [0.15, 0.2) is 54.7 Å². The van der Waals surface area contributed by atoms with E-state index in [2.05, 4.69) is 34.7 Å². The normalized spacial score (nSPS) is 10.5. The number of nitrogens with two attached hydrogens (primary N) is 1. The van der Waals surface area contributed by atoms with E-state index in [0.717, 1.165) is 24.1 Å². The van der Waals surface area contributed by atoms with Crippen LogP contribution in [-0.4, -0.2) is 10.9 Å². The van der Waals surface area contributed by atoms with Gasteiger partial charge in [0.25, 0.3) is 5.91 Å².